The van der Waals surface area contributed by atoms with Crippen molar-refractivity contribution in [1.82, 2.24) is 0 Å². The molecule has 0 bridgehead atoms. The zero-order valence-electron chi connectivity index (χ0n) is 5.99. The van der Waals surface area contributed by atoms with Crippen molar-refractivity contribution in [2.75, 3.05) is 11.5 Å². The highest BCUT2D eigenvalue weighted by molar-refractivity contribution is 7.86. The van der Waals surface area contributed by atoms with Crippen molar-refractivity contribution in [1.29, 1.82) is 0 Å². The van der Waals surface area contributed by atoms with Crippen molar-refractivity contribution in [2.45, 2.75) is 4.90 Å². The molecule has 0 heterocycles. The Hall–Kier alpha value is -1.30. The van der Waals surface area contributed by atoms with Gasteiger partial charge in [0.1, 0.15) is 4.90 Å². The molecule has 1 rings (SSSR count). The molecule has 0 saturated heterocycles. The molecule has 0 saturated carbocycles. The first-order valence-corrected chi connectivity index (χ1v) is 4.38. The SMILES string of the molecule is Nc1cc(N)cc(S(=O)(=O)F)c1. The lowest BCUT2D eigenvalue weighted by molar-refractivity contribution is 0.552. The van der Waals surface area contributed by atoms with Crippen LogP contribution in [0.15, 0.2) is 23.1 Å². The van der Waals surface area contributed by atoms with E-state index in [0.717, 1.165) is 12.1 Å². The minimum absolute atomic E-state index is 0.117. The summed E-state index contributed by atoms with van der Waals surface area (Å²) < 4.78 is 33.1. The van der Waals surface area contributed by atoms with Gasteiger partial charge in [0.15, 0.2) is 0 Å². The highest BCUT2D eigenvalue weighted by Crippen LogP contribution is 2.19. The van der Waals surface area contributed by atoms with Gasteiger partial charge in [0.25, 0.3) is 0 Å². The van der Waals surface area contributed by atoms with Crippen LogP contribution in [-0.2, 0) is 10.2 Å². The third-order valence-corrected chi connectivity index (χ3v) is 2.03. The lowest BCUT2D eigenvalue weighted by atomic mass is 10.3. The summed E-state index contributed by atoms with van der Waals surface area (Å²) in [5.41, 5.74) is 10.7. The average molecular weight is 190 g/mol. The van der Waals surface area contributed by atoms with E-state index in [1.165, 1.54) is 6.07 Å². The second kappa shape index (κ2) is 2.63. The van der Waals surface area contributed by atoms with E-state index in [1.54, 1.807) is 0 Å². The Balaban J connectivity index is 3.37. The molecule has 66 valence electrons. The zero-order chi connectivity index (χ0) is 9.35. The molecule has 6 heteroatoms. The number of nitrogen functional groups attached to an aromatic ring is 2. The molecule has 0 unspecified atom stereocenters. The monoisotopic (exact) mass is 190 g/mol. The number of hydrogen-bond acceptors (Lipinski definition) is 4. The predicted octanol–water partition coefficient (Wildman–Crippen LogP) is 0.509. The minimum Gasteiger partial charge on any atom is -0.399 e. The molecule has 0 aromatic heterocycles. The van der Waals surface area contributed by atoms with Crippen molar-refractivity contribution in [3.8, 4) is 0 Å². The summed E-state index contributed by atoms with van der Waals surface area (Å²) >= 11 is 0. The Labute approximate surface area is 69.2 Å². The normalized spacial score (nSPS) is 11.4. The van der Waals surface area contributed by atoms with E-state index in [9.17, 15) is 12.3 Å². The van der Waals surface area contributed by atoms with E-state index in [2.05, 4.69) is 0 Å². The molecule has 4 nitrogen and oxygen atoms in total. The van der Waals surface area contributed by atoms with E-state index in [1.807, 2.05) is 0 Å². The summed E-state index contributed by atoms with van der Waals surface area (Å²) in [4.78, 5) is -0.514. The zero-order valence-corrected chi connectivity index (χ0v) is 6.81. The van der Waals surface area contributed by atoms with Crippen molar-refractivity contribution < 1.29 is 12.3 Å². The van der Waals surface area contributed by atoms with E-state index >= 15 is 0 Å². The van der Waals surface area contributed by atoms with Crippen LogP contribution in [0.1, 0.15) is 0 Å². The van der Waals surface area contributed by atoms with Crippen LogP contribution in [0.25, 0.3) is 0 Å². The van der Waals surface area contributed by atoms with Crippen LogP contribution in [0.5, 0.6) is 0 Å². The molecule has 0 fully saturated rings. The van der Waals surface area contributed by atoms with Gasteiger partial charge in [-0.3, -0.25) is 0 Å². The molecule has 0 aliphatic rings. The second-order valence-electron chi connectivity index (χ2n) is 2.27. The molecule has 1 aromatic rings. The van der Waals surface area contributed by atoms with Crippen molar-refractivity contribution in [2.24, 2.45) is 0 Å². The molecule has 0 aliphatic heterocycles. The molecule has 1 aromatic carbocycles. The number of hydrogen-bond donors (Lipinski definition) is 2. The van der Waals surface area contributed by atoms with Crippen molar-refractivity contribution in [3.05, 3.63) is 18.2 Å². The van der Waals surface area contributed by atoms with E-state index < -0.39 is 15.1 Å². The van der Waals surface area contributed by atoms with E-state index in [4.69, 9.17) is 11.5 Å². The van der Waals surface area contributed by atoms with Gasteiger partial charge in [-0.2, -0.15) is 8.42 Å². The van der Waals surface area contributed by atoms with Gasteiger partial charge < -0.3 is 11.5 Å². The number of anilines is 2. The molecule has 0 radical (unpaired) electrons. The summed E-state index contributed by atoms with van der Waals surface area (Å²) in [7, 11) is -4.71. The third-order valence-electron chi connectivity index (χ3n) is 1.23. The smallest absolute Gasteiger partial charge is 0.332 e. The van der Waals surface area contributed by atoms with Crippen LogP contribution in [0, 0.1) is 0 Å². The first kappa shape index (κ1) is 8.79. The Bertz CT molecular complexity index is 382. The summed E-state index contributed by atoms with van der Waals surface area (Å²) in [5.74, 6) is 0. The quantitative estimate of drug-likeness (QED) is 0.499. The van der Waals surface area contributed by atoms with Crippen LogP contribution in [0.4, 0.5) is 15.3 Å². The molecule has 0 amide bonds. The molecule has 12 heavy (non-hydrogen) atoms. The maximum absolute atomic E-state index is 12.3. The number of halogens is 1. The molecular formula is C6H7FN2O2S. The minimum atomic E-state index is -4.71. The topological polar surface area (TPSA) is 86.2 Å². The van der Waals surface area contributed by atoms with Gasteiger partial charge in [0, 0.05) is 11.4 Å². The van der Waals surface area contributed by atoms with Crippen LogP contribution >= 0.6 is 0 Å². The lowest BCUT2D eigenvalue weighted by Gasteiger charge is -1.99. The van der Waals surface area contributed by atoms with Gasteiger partial charge in [-0.15, -0.1) is 3.89 Å². The fourth-order valence-corrected chi connectivity index (χ4v) is 1.34. The number of benzene rings is 1. The van der Waals surface area contributed by atoms with E-state index in [0.29, 0.717) is 0 Å². The van der Waals surface area contributed by atoms with Gasteiger partial charge in [-0.1, -0.05) is 0 Å². The molecule has 0 aliphatic carbocycles. The second-order valence-corrected chi connectivity index (χ2v) is 3.62. The van der Waals surface area contributed by atoms with Crippen molar-refractivity contribution in [3.63, 3.8) is 0 Å². The van der Waals surface area contributed by atoms with Gasteiger partial charge in [-0.05, 0) is 18.2 Å². The molecule has 0 atom stereocenters. The fraction of sp³-hybridized carbons (Fsp3) is 0. The van der Waals surface area contributed by atoms with Gasteiger partial charge in [0.05, 0.1) is 0 Å². The average Bonchev–Trinajstić information content (AvgIpc) is 1.82. The van der Waals surface area contributed by atoms with Crippen LogP contribution in [0.2, 0.25) is 0 Å². The number of rotatable bonds is 1. The fourth-order valence-electron chi connectivity index (χ4n) is 0.787. The number of nitrogens with two attached hydrogens (primary N) is 2. The van der Waals surface area contributed by atoms with Gasteiger partial charge >= 0.3 is 10.2 Å². The van der Waals surface area contributed by atoms with Crippen LogP contribution in [-0.4, -0.2) is 8.42 Å². The predicted molar refractivity (Wildman–Crippen MR) is 43.6 cm³/mol. The first-order valence-electron chi connectivity index (χ1n) is 3.00. The Morgan fingerprint density at radius 1 is 1.08 bits per heavy atom. The standard InChI is InChI=1S/C6H7FN2O2S/c7-12(10,11)6-2-4(8)1-5(9)3-6/h1-3H,8-9H2. The highest BCUT2D eigenvalue weighted by atomic mass is 32.3. The first-order chi connectivity index (χ1) is 5.39. The van der Waals surface area contributed by atoms with Crippen LogP contribution < -0.4 is 11.5 Å². The summed E-state index contributed by atoms with van der Waals surface area (Å²) in [6.07, 6.45) is 0. The highest BCUT2D eigenvalue weighted by Gasteiger charge is 2.12. The Morgan fingerprint density at radius 3 is 1.83 bits per heavy atom. The Kier molecular flexibility index (Phi) is 1.93. The third kappa shape index (κ3) is 1.85. The summed E-state index contributed by atoms with van der Waals surface area (Å²) in [6.45, 7) is 0. The van der Waals surface area contributed by atoms with E-state index in [-0.39, 0.29) is 11.4 Å². The molecule has 4 N–H and O–H groups in total. The maximum atomic E-state index is 12.3. The molecular weight excluding hydrogens is 183 g/mol. The maximum Gasteiger partial charge on any atom is 0.332 e. The largest absolute Gasteiger partial charge is 0.399 e. The van der Waals surface area contributed by atoms with Gasteiger partial charge in [-0.25, -0.2) is 0 Å². The van der Waals surface area contributed by atoms with Crippen molar-refractivity contribution >= 4 is 21.6 Å². The van der Waals surface area contributed by atoms with Crippen LogP contribution in [0.3, 0.4) is 0 Å². The molecule has 0 spiro atoms. The van der Waals surface area contributed by atoms with Gasteiger partial charge in [0.2, 0.25) is 0 Å². The summed E-state index contributed by atoms with van der Waals surface area (Å²) in [6, 6.07) is 3.35. The lowest BCUT2D eigenvalue weighted by Crippen LogP contribution is -1.97. The summed E-state index contributed by atoms with van der Waals surface area (Å²) in [5, 5.41) is 0. The Morgan fingerprint density at radius 2 is 1.50 bits per heavy atom.